The Hall–Kier alpha value is -3.80. The molecule has 264 valence electrons. The van der Waals surface area contributed by atoms with Gasteiger partial charge in [0.25, 0.3) is 0 Å². The molecule has 0 unspecified atom stereocenters. The highest BCUT2D eigenvalue weighted by molar-refractivity contribution is 7.19. The van der Waals surface area contributed by atoms with Crippen molar-refractivity contribution < 1.29 is 0 Å². The molecule has 3 nitrogen and oxygen atoms in total. The molecule has 0 radical (unpaired) electrons. The molecule has 0 aliphatic heterocycles. The third kappa shape index (κ3) is 7.57. The molecule has 0 N–H and O–H groups in total. The van der Waals surface area contributed by atoms with Gasteiger partial charge in [-0.15, -0.1) is 22.7 Å². The van der Waals surface area contributed by atoms with Crippen molar-refractivity contribution in [3.05, 3.63) is 94.6 Å². The molecule has 0 amide bonds. The third-order valence-corrected chi connectivity index (χ3v) is 12.6. The van der Waals surface area contributed by atoms with Crippen molar-refractivity contribution in [3.8, 4) is 31.3 Å². The molecular weight excluding hydrogens is 659 g/mol. The van der Waals surface area contributed by atoms with Crippen molar-refractivity contribution in [2.24, 2.45) is 0 Å². The van der Waals surface area contributed by atoms with Crippen LogP contribution in [0.25, 0.3) is 64.2 Å². The van der Waals surface area contributed by atoms with Crippen LogP contribution < -0.4 is 0 Å². The summed E-state index contributed by atoms with van der Waals surface area (Å²) in [5.74, 6) is 0. The van der Waals surface area contributed by atoms with Gasteiger partial charge in [0, 0.05) is 59.0 Å². The standard InChI is InChI=1S/C46H53N3S2/c1-6-9-12-13-14-15-28-49-40-29-31(4)18-21-34(40)35-22-20-33(30-41(35)49)42-26-27-44(51-42)37-24-23-36(43-25-19-32(5)50-43)45-46(37)48-39(17-11-8-3)38(47-45)16-10-7-2/h18-27,29-30H,6-17,28H2,1-5H3. The summed E-state index contributed by atoms with van der Waals surface area (Å²) in [4.78, 5) is 16.1. The van der Waals surface area contributed by atoms with Crippen LogP contribution in [0, 0.1) is 13.8 Å². The minimum Gasteiger partial charge on any atom is -0.340 e. The predicted molar refractivity (Wildman–Crippen MR) is 225 cm³/mol. The van der Waals surface area contributed by atoms with Gasteiger partial charge in [0.15, 0.2) is 0 Å². The van der Waals surface area contributed by atoms with Gasteiger partial charge in [-0.3, -0.25) is 0 Å². The summed E-state index contributed by atoms with van der Waals surface area (Å²) < 4.78 is 2.59. The molecule has 0 aliphatic rings. The number of rotatable bonds is 16. The molecule has 3 aromatic carbocycles. The molecule has 0 spiro atoms. The predicted octanol–water partition coefficient (Wildman–Crippen LogP) is 14.5. The van der Waals surface area contributed by atoms with E-state index in [1.54, 1.807) is 0 Å². The van der Waals surface area contributed by atoms with E-state index in [1.807, 2.05) is 22.7 Å². The van der Waals surface area contributed by atoms with Crippen molar-refractivity contribution >= 4 is 55.5 Å². The summed E-state index contributed by atoms with van der Waals surface area (Å²) in [6.07, 6.45) is 14.4. The number of aryl methyl sites for hydroxylation is 5. The van der Waals surface area contributed by atoms with Gasteiger partial charge >= 0.3 is 0 Å². The highest BCUT2D eigenvalue weighted by Crippen LogP contribution is 2.42. The molecule has 51 heavy (non-hydrogen) atoms. The number of hydrogen-bond acceptors (Lipinski definition) is 4. The van der Waals surface area contributed by atoms with E-state index in [0.29, 0.717) is 0 Å². The van der Waals surface area contributed by atoms with Gasteiger partial charge < -0.3 is 4.57 Å². The number of hydrogen-bond donors (Lipinski definition) is 0. The largest absolute Gasteiger partial charge is 0.340 e. The Bertz CT molecular complexity index is 2270. The zero-order valence-electron chi connectivity index (χ0n) is 31.3. The first-order valence-electron chi connectivity index (χ1n) is 19.5. The van der Waals surface area contributed by atoms with E-state index in [0.717, 1.165) is 56.1 Å². The lowest BCUT2D eigenvalue weighted by Crippen LogP contribution is -2.04. The average molecular weight is 712 g/mol. The van der Waals surface area contributed by atoms with Gasteiger partial charge in [0.05, 0.1) is 22.4 Å². The van der Waals surface area contributed by atoms with E-state index in [9.17, 15) is 0 Å². The molecule has 0 aliphatic carbocycles. The molecule has 0 fully saturated rings. The molecule has 0 atom stereocenters. The second kappa shape index (κ2) is 16.3. The van der Waals surface area contributed by atoms with Crippen LogP contribution in [0.1, 0.15) is 107 Å². The SMILES string of the molecule is CCCCCCCCn1c2cc(C)ccc2c2ccc(-c3ccc(-c4ccc(-c5ccc(C)s5)c5nc(CCCC)c(CCCC)nc45)s3)cc21. The highest BCUT2D eigenvalue weighted by atomic mass is 32.1. The summed E-state index contributed by atoms with van der Waals surface area (Å²) in [6.45, 7) is 12.3. The van der Waals surface area contributed by atoms with E-state index in [-0.39, 0.29) is 0 Å². The number of unbranched alkanes of at least 4 members (excludes halogenated alkanes) is 7. The molecule has 4 aromatic heterocycles. The second-order valence-electron chi connectivity index (χ2n) is 14.4. The van der Waals surface area contributed by atoms with Gasteiger partial charge in [-0.25, -0.2) is 9.97 Å². The Morgan fingerprint density at radius 3 is 1.75 bits per heavy atom. The van der Waals surface area contributed by atoms with Crippen molar-refractivity contribution in [2.75, 3.05) is 0 Å². The van der Waals surface area contributed by atoms with E-state index in [4.69, 9.17) is 9.97 Å². The first-order chi connectivity index (χ1) is 25.0. The monoisotopic (exact) mass is 711 g/mol. The van der Waals surface area contributed by atoms with E-state index < -0.39 is 0 Å². The highest BCUT2D eigenvalue weighted by Gasteiger charge is 2.19. The van der Waals surface area contributed by atoms with Gasteiger partial charge in [-0.1, -0.05) is 102 Å². The fourth-order valence-corrected chi connectivity index (χ4v) is 9.48. The Morgan fingerprint density at radius 2 is 1.10 bits per heavy atom. The maximum atomic E-state index is 5.50. The molecule has 7 rings (SSSR count). The van der Waals surface area contributed by atoms with Crippen LogP contribution in [-0.2, 0) is 19.4 Å². The number of nitrogens with zero attached hydrogens (tertiary/aromatic N) is 3. The fraction of sp³-hybridized carbons (Fsp3) is 0.391. The topological polar surface area (TPSA) is 30.7 Å². The molecule has 7 aromatic rings. The maximum Gasteiger partial charge on any atom is 0.0983 e. The Balaban J connectivity index is 1.29. The van der Waals surface area contributed by atoms with Crippen molar-refractivity contribution in [2.45, 2.75) is 118 Å². The van der Waals surface area contributed by atoms with E-state index in [1.165, 1.54) is 113 Å². The van der Waals surface area contributed by atoms with Crippen molar-refractivity contribution in [1.82, 2.24) is 14.5 Å². The second-order valence-corrected chi connectivity index (χ2v) is 16.8. The lowest BCUT2D eigenvalue weighted by Gasteiger charge is -2.14. The van der Waals surface area contributed by atoms with Gasteiger partial charge in [-0.2, -0.15) is 0 Å². The summed E-state index contributed by atoms with van der Waals surface area (Å²) in [5, 5.41) is 2.72. The molecule has 0 saturated carbocycles. The first kappa shape index (κ1) is 35.6. The van der Waals surface area contributed by atoms with Crippen LogP contribution in [0.2, 0.25) is 0 Å². The lowest BCUT2D eigenvalue weighted by atomic mass is 10.0. The van der Waals surface area contributed by atoms with Crippen LogP contribution in [-0.4, -0.2) is 14.5 Å². The quantitative estimate of drug-likeness (QED) is 0.0934. The minimum absolute atomic E-state index is 0.988. The average Bonchev–Trinajstić information content (AvgIpc) is 3.88. The number of aromatic nitrogens is 3. The van der Waals surface area contributed by atoms with Crippen LogP contribution in [0.5, 0.6) is 0 Å². The van der Waals surface area contributed by atoms with Gasteiger partial charge in [-0.05, 0) is 93.5 Å². The summed E-state index contributed by atoms with van der Waals surface area (Å²) >= 11 is 3.73. The molecular formula is C46H53N3S2. The fourth-order valence-electron chi connectivity index (χ4n) is 7.56. The third-order valence-electron chi connectivity index (χ3n) is 10.4. The summed E-state index contributed by atoms with van der Waals surface area (Å²) in [7, 11) is 0. The van der Waals surface area contributed by atoms with Crippen LogP contribution in [0.4, 0.5) is 0 Å². The van der Waals surface area contributed by atoms with Crippen molar-refractivity contribution in [3.63, 3.8) is 0 Å². The molecule has 0 bridgehead atoms. The van der Waals surface area contributed by atoms with Crippen LogP contribution in [0.3, 0.4) is 0 Å². The Labute approximate surface area is 312 Å². The van der Waals surface area contributed by atoms with E-state index >= 15 is 0 Å². The molecule has 0 saturated heterocycles. The van der Waals surface area contributed by atoms with Crippen LogP contribution in [0.15, 0.2) is 72.8 Å². The lowest BCUT2D eigenvalue weighted by molar-refractivity contribution is 0.571. The summed E-state index contributed by atoms with van der Waals surface area (Å²) in [5.41, 5.74) is 12.2. The van der Waals surface area contributed by atoms with E-state index in [2.05, 4.69) is 112 Å². The van der Waals surface area contributed by atoms with Crippen molar-refractivity contribution in [1.29, 1.82) is 0 Å². The number of benzene rings is 3. The number of fused-ring (bicyclic) bond motifs is 4. The number of thiophene rings is 2. The molecule has 4 heterocycles. The summed E-state index contributed by atoms with van der Waals surface area (Å²) in [6, 6.07) is 27.8. The van der Waals surface area contributed by atoms with Crippen LogP contribution >= 0.6 is 22.7 Å². The molecule has 5 heteroatoms. The Kier molecular flexibility index (Phi) is 11.3. The van der Waals surface area contributed by atoms with Gasteiger partial charge in [0.1, 0.15) is 0 Å². The normalized spacial score (nSPS) is 11.9. The maximum absolute atomic E-state index is 5.50. The zero-order valence-corrected chi connectivity index (χ0v) is 32.9. The van der Waals surface area contributed by atoms with Gasteiger partial charge in [0.2, 0.25) is 0 Å². The zero-order chi connectivity index (χ0) is 35.3. The smallest absolute Gasteiger partial charge is 0.0983 e. The first-order valence-corrected chi connectivity index (χ1v) is 21.1. The Morgan fingerprint density at radius 1 is 0.529 bits per heavy atom. The minimum atomic E-state index is 0.988.